The van der Waals surface area contributed by atoms with Crippen LogP contribution in [0, 0.1) is 5.92 Å². The van der Waals surface area contributed by atoms with Gasteiger partial charge in [0.05, 0.1) is 34.5 Å². The van der Waals surface area contributed by atoms with E-state index in [2.05, 4.69) is 40.4 Å². The Morgan fingerprint density at radius 3 is 2.77 bits per heavy atom. The molecule has 9 heteroatoms. The zero-order valence-electron chi connectivity index (χ0n) is 16.3. The molecule has 30 heavy (non-hydrogen) atoms. The van der Waals surface area contributed by atoms with Crippen molar-refractivity contribution in [3.8, 4) is 22.6 Å². The van der Waals surface area contributed by atoms with E-state index in [4.69, 9.17) is 0 Å². The number of fused-ring (bicyclic) bond motifs is 2. The van der Waals surface area contributed by atoms with Gasteiger partial charge in [0.2, 0.25) is 5.91 Å². The van der Waals surface area contributed by atoms with Gasteiger partial charge in [-0.25, -0.2) is 9.97 Å². The van der Waals surface area contributed by atoms with Gasteiger partial charge in [0, 0.05) is 35.6 Å². The number of anilines is 1. The van der Waals surface area contributed by atoms with Crippen molar-refractivity contribution in [1.82, 2.24) is 35.1 Å². The second kappa shape index (κ2) is 7.03. The number of nitrogens with one attached hydrogen (secondary N) is 3. The van der Waals surface area contributed by atoms with Gasteiger partial charge in [0.1, 0.15) is 5.69 Å². The van der Waals surface area contributed by atoms with Crippen molar-refractivity contribution in [3.05, 3.63) is 49.2 Å². The van der Waals surface area contributed by atoms with Gasteiger partial charge < -0.3 is 10.3 Å². The maximum absolute atomic E-state index is 12.0. The quantitative estimate of drug-likeness (QED) is 0.425. The van der Waals surface area contributed by atoms with Crippen LogP contribution in [0.1, 0.15) is 13.8 Å². The SMILES string of the molecule is CC(C)C(=O)Nc1cncc(-c2cnc3n[nH]c(-c4nc5ccncc5[nH]4)c3c2)c1. The summed E-state index contributed by atoms with van der Waals surface area (Å²) in [4.78, 5) is 32.7. The average Bonchev–Trinajstić information content (AvgIpc) is 3.37. The van der Waals surface area contributed by atoms with E-state index in [9.17, 15) is 4.79 Å². The second-order valence-corrected chi connectivity index (χ2v) is 7.28. The lowest BCUT2D eigenvalue weighted by Gasteiger charge is -2.09. The zero-order chi connectivity index (χ0) is 20.7. The van der Waals surface area contributed by atoms with Crippen LogP contribution in [0.15, 0.2) is 49.2 Å². The normalized spacial score (nSPS) is 11.4. The molecule has 0 fully saturated rings. The van der Waals surface area contributed by atoms with Gasteiger partial charge >= 0.3 is 0 Å². The summed E-state index contributed by atoms with van der Waals surface area (Å²) in [5.41, 5.74) is 5.34. The predicted molar refractivity (Wildman–Crippen MR) is 113 cm³/mol. The third-order valence-corrected chi connectivity index (χ3v) is 4.79. The van der Waals surface area contributed by atoms with Crippen LogP contribution in [0.3, 0.4) is 0 Å². The van der Waals surface area contributed by atoms with Gasteiger partial charge in [-0.15, -0.1) is 0 Å². The Bertz CT molecular complexity index is 1350. The number of nitrogens with zero attached hydrogens (tertiary/aromatic N) is 5. The van der Waals surface area contributed by atoms with E-state index in [1.807, 2.05) is 32.0 Å². The highest BCUT2D eigenvalue weighted by atomic mass is 16.1. The maximum Gasteiger partial charge on any atom is 0.226 e. The molecule has 5 heterocycles. The Morgan fingerprint density at radius 1 is 1.07 bits per heavy atom. The number of amides is 1. The summed E-state index contributed by atoms with van der Waals surface area (Å²) < 4.78 is 0. The van der Waals surface area contributed by atoms with Crippen LogP contribution in [-0.4, -0.2) is 41.0 Å². The van der Waals surface area contributed by atoms with E-state index in [0.29, 0.717) is 17.2 Å². The minimum absolute atomic E-state index is 0.0565. The molecule has 0 aliphatic heterocycles. The number of hydrogen-bond donors (Lipinski definition) is 3. The summed E-state index contributed by atoms with van der Waals surface area (Å²) in [7, 11) is 0. The van der Waals surface area contributed by atoms with Crippen LogP contribution >= 0.6 is 0 Å². The van der Waals surface area contributed by atoms with E-state index < -0.39 is 0 Å². The Morgan fingerprint density at radius 2 is 1.93 bits per heavy atom. The molecule has 0 radical (unpaired) electrons. The molecule has 0 saturated heterocycles. The molecule has 0 aromatic carbocycles. The van der Waals surface area contributed by atoms with Crippen LogP contribution in [-0.2, 0) is 4.79 Å². The minimum atomic E-state index is -0.112. The van der Waals surface area contributed by atoms with Crippen LogP contribution in [0.2, 0.25) is 0 Å². The number of rotatable bonds is 4. The molecule has 5 aromatic heterocycles. The first kappa shape index (κ1) is 17.9. The molecular formula is C21H18N8O. The molecule has 5 aromatic rings. The Labute approximate surface area is 171 Å². The summed E-state index contributed by atoms with van der Waals surface area (Å²) in [6.45, 7) is 3.69. The van der Waals surface area contributed by atoms with Crippen LogP contribution in [0.4, 0.5) is 5.69 Å². The van der Waals surface area contributed by atoms with Gasteiger partial charge in [-0.1, -0.05) is 13.8 Å². The number of hydrogen-bond acceptors (Lipinski definition) is 6. The summed E-state index contributed by atoms with van der Waals surface area (Å²) in [5, 5.41) is 11.0. The van der Waals surface area contributed by atoms with Crippen molar-refractivity contribution >= 4 is 33.7 Å². The van der Waals surface area contributed by atoms with E-state index in [0.717, 1.165) is 33.2 Å². The van der Waals surface area contributed by atoms with Gasteiger partial charge in [0.15, 0.2) is 11.5 Å². The molecular weight excluding hydrogens is 380 g/mol. The maximum atomic E-state index is 12.0. The minimum Gasteiger partial charge on any atom is -0.335 e. The Kier molecular flexibility index (Phi) is 4.20. The van der Waals surface area contributed by atoms with Crippen molar-refractivity contribution in [2.45, 2.75) is 13.8 Å². The molecule has 1 amide bonds. The highest BCUT2D eigenvalue weighted by molar-refractivity contribution is 5.94. The molecule has 3 N–H and O–H groups in total. The molecule has 0 aliphatic rings. The van der Waals surface area contributed by atoms with Crippen molar-refractivity contribution in [3.63, 3.8) is 0 Å². The van der Waals surface area contributed by atoms with Crippen molar-refractivity contribution in [2.75, 3.05) is 5.32 Å². The fourth-order valence-electron chi connectivity index (χ4n) is 3.17. The highest BCUT2D eigenvalue weighted by Crippen LogP contribution is 2.29. The van der Waals surface area contributed by atoms with Crippen LogP contribution in [0.25, 0.3) is 44.7 Å². The van der Waals surface area contributed by atoms with Crippen LogP contribution < -0.4 is 5.32 Å². The van der Waals surface area contributed by atoms with E-state index >= 15 is 0 Å². The average molecular weight is 398 g/mol. The van der Waals surface area contributed by atoms with Gasteiger partial charge in [-0.05, 0) is 18.2 Å². The lowest BCUT2D eigenvalue weighted by Crippen LogP contribution is -2.17. The number of carbonyl (C=O) groups excluding carboxylic acids is 1. The number of carbonyl (C=O) groups is 1. The lowest BCUT2D eigenvalue weighted by atomic mass is 10.1. The molecule has 0 unspecified atom stereocenters. The fourth-order valence-corrected chi connectivity index (χ4v) is 3.17. The molecule has 0 atom stereocenters. The molecule has 148 valence electrons. The first-order chi connectivity index (χ1) is 14.6. The molecule has 0 spiro atoms. The number of aromatic nitrogens is 7. The van der Waals surface area contributed by atoms with Crippen molar-refractivity contribution in [2.24, 2.45) is 5.92 Å². The summed E-state index contributed by atoms with van der Waals surface area (Å²) in [5.74, 6) is 0.494. The number of aromatic amines is 2. The molecule has 5 rings (SSSR count). The second-order valence-electron chi connectivity index (χ2n) is 7.28. The molecule has 0 aliphatic carbocycles. The van der Waals surface area contributed by atoms with E-state index in [1.165, 1.54) is 0 Å². The topological polar surface area (TPSA) is 125 Å². The summed E-state index contributed by atoms with van der Waals surface area (Å²) in [6.07, 6.45) is 8.54. The first-order valence-electron chi connectivity index (χ1n) is 9.49. The highest BCUT2D eigenvalue weighted by Gasteiger charge is 2.15. The summed E-state index contributed by atoms with van der Waals surface area (Å²) in [6, 6.07) is 5.71. The molecule has 9 nitrogen and oxygen atoms in total. The van der Waals surface area contributed by atoms with Crippen LogP contribution in [0.5, 0.6) is 0 Å². The number of H-pyrrole nitrogens is 2. The molecule has 0 bridgehead atoms. The Hall–Kier alpha value is -4.14. The largest absolute Gasteiger partial charge is 0.335 e. The fraction of sp³-hybridized carbons (Fsp3) is 0.143. The zero-order valence-corrected chi connectivity index (χ0v) is 16.3. The van der Waals surface area contributed by atoms with E-state index in [1.54, 1.807) is 31.0 Å². The third kappa shape index (κ3) is 3.16. The Balaban J connectivity index is 1.55. The molecule has 0 saturated carbocycles. The lowest BCUT2D eigenvalue weighted by molar-refractivity contribution is -0.118. The summed E-state index contributed by atoms with van der Waals surface area (Å²) >= 11 is 0. The van der Waals surface area contributed by atoms with Gasteiger partial charge in [0.25, 0.3) is 0 Å². The third-order valence-electron chi connectivity index (χ3n) is 4.79. The smallest absolute Gasteiger partial charge is 0.226 e. The van der Waals surface area contributed by atoms with Gasteiger partial charge in [-0.3, -0.25) is 19.9 Å². The van der Waals surface area contributed by atoms with E-state index in [-0.39, 0.29) is 11.8 Å². The van der Waals surface area contributed by atoms with Crippen molar-refractivity contribution < 1.29 is 4.79 Å². The van der Waals surface area contributed by atoms with Crippen molar-refractivity contribution in [1.29, 1.82) is 0 Å². The monoisotopic (exact) mass is 398 g/mol. The predicted octanol–water partition coefficient (Wildman–Crippen LogP) is 3.55. The first-order valence-corrected chi connectivity index (χ1v) is 9.49. The number of pyridine rings is 3. The number of imidazole rings is 1. The standard InChI is InChI=1S/C21H18N8O/c1-11(2)21(30)25-14-5-12(7-23-9-14)13-6-15-18(28-29-19(15)24-8-13)20-26-16-3-4-22-10-17(16)27-20/h3-11H,1-2H3,(H,25,30)(H,26,27)(H,24,28,29). The van der Waals surface area contributed by atoms with Gasteiger partial charge in [-0.2, -0.15) is 5.10 Å².